The molecule has 18 heavy (non-hydrogen) atoms. The molecule has 0 heterocycles. The summed E-state index contributed by atoms with van der Waals surface area (Å²) >= 11 is 0. The minimum absolute atomic E-state index is 0.00338. The zero-order valence-electron chi connectivity index (χ0n) is 10.5. The van der Waals surface area contributed by atoms with E-state index in [1.807, 2.05) is 0 Å². The Bertz CT molecular complexity index is 646. The van der Waals surface area contributed by atoms with Gasteiger partial charge in [0.2, 0.25) is 0 Å². The van der Waals surface area contributed by atoms with Crippen LogP contribution in [0.4, 0.5) is 0 Å². The standard InChI is InChI=1S/C11H17NO4S2/c1-8(12)6-9-4-5-10(17(2,13)14)7-11(9)18(3,15)16/h4-5,7-8H,6,12H2,1-3H3. The average Bonchev–Trinajstić information content (AvgIpc) is 2.13. The quantitative estimate of drug-likeness (QED) is 0.865. The van der Waals surface area contributed by atoms with Gasteiger partial charge in [-0.05, 0) is 31.0 Å². The molecular formula is C11H17NO4S2. The number of sulfone groups is 2. The summed E-state index contributed by atoms with van der Waals surface area (Å²) < 4.78 is 46.2. The van der Waals surface area contributed by atoms with Crippen molar-refractivity contribution in [3.8, 4) is 0 Å². The van der Waals surface area contributed by atoms with Crippen molar-refractivity contribution < 1.29 is 16.8 Å². The molecular weight excluding hydrogens is 274 g/mol. The first kappa shape index (κ1) is 15.1. The first-order valence-corrected chi connectivity index (χ1v) is 9.08. The molecule has 1 rings (SSSR count). The van der Waals surface area contributed by atoms with E-state index in [0.29, 0.717) is 12.0 Å². The van der Waals surface area contributed by atoms with E-state index < -0.39 is 19.7 Å². The highest BCUT2D eigenvalue weighted by atomic mass is 32.2. The molecule has 0 aromatic heterocycles. The third kappa shape index (κ3) is 3.79. The van der Waals surface area contributed by atoms with E-state index in [0.717, 1.165) is 12.5 Å². The van der Waals surface area contributed by atoms with Crippen LogP contribution in [0.25, 0.3) is 0 Å². The summed E-state index contributed by atoms with van der Waals surface area (Å²) in [5.74, 6) is 0. The summed E-state index contributed by atoms with van der Waals surface area (Å²) in [6.45, 7) is 1.76. The molecule has 0 radical (unpaired) electrons. The molecule has 0 saturated heterocycles. The van der Waals surface area contributed by atoms with Gasteiger partial charge in [-0.3, -0.25) is 0 Å². The Morgan fingerprint density at radius 2 is 1.67 bits per heavy atom. The maximum absolute atomic E-state index is 11.7. The predicted octanol–water partition coefficient (Wildman–Crippen LogP) is 0.383. The van der Waals surface area contributed by atoms with Crippen LogP contribution in [0.2, 0.25) is 0 Å². The van der Waals surface area contributed by atoms with Crippen LogP contribution in [-0.4, -0.2) is 35.4 Å². The van der Waals surface area contributed by atoms with Gasteiger partial charge in [-0.15, -0.1) is 0 Å². The molecule has 0 amide bonds. The Morgan fingerprint density at radius 1 is 1.11 bits per heavy atom. The van der Waals surface area contributed by atoms with Crippen LogP contribution < -0.4 is 5.73 Å². The van der Waals surface area contributed by atoms with Gasteiger partial charge in [0, 0.05) is 18.6 Å². The second-order valence-electron chi connectivity index (χ2n) is 4.50. The van der Waals surface area contributed by atoms with Crippen molar-refractivity contribution in [1.82, 2.24) is 0 Å². The van der Waals surface area contributed by atoms with Crippen molar-refractivity contribution in [2.75, 3.05) is 12.5 Å². The third-order valence-electron chi connectivity index (χ3n) is 2.41. The number of benzene rings is 1. The molecule has 2 N–H and O–H groups in total. The molecule has 0 bridgehead atoms. The Morgan fingerprint density at radius 3 is 2.06 bits per heavy atom. The van der Waals surface area contributed by atoms with E-state index >= 15 is 0 Å². The molecule has 5 nitrogen and oxygen atoms in total. The highest BCUT2D eigenvalue weighted by molar-refractivity contribution is 7.91. The molecule has 1 unspecified atom stereocenters. The monoisotopic (exact) mass is 291 g/mol. The lowest BCUT2D eigenvalue weighted by molar-refractivity contribution is 0.598. The van der Waals surface area contributed by atoms with Gasteiger partial charge in [-0.2, -0.15) is 0 Å². The van der Waals surface area contributed by atoms with Gasteiger partial charge in [0.25, 0.3) is 0 Å². The Hall–Kier alpha value is -0.920. The lowest BCUT2D eigenvalue weighted by atomic mass is 10.1. The van der Waals surface area contributed by atoms with Crippen molar-refractivity contribution in [3.05, 3.63) is 23.8 Å². The molecule has 1 aromatic rings. The summed E-state index contributed by atoms with van der Waals surface area (Å²) in [6.07, 6.45) is 2.48. The zero-order chi connectivity index (χ0) is 14.1. The Labute approximate surface area is 108 Å². The molecule has 1 aromatic carbocycles. The van der Waals surface area contributed by atoms with Crippen LogP contribution >= 0.6 is 0 Å². The molecule has 0 spiro atoms. The topological polar surface area (TPSA) is 94.3 Å². The van der Waals surface area contributed by atoms with Gasteiger partial charge in [-0.1, -0.05) is 6.07 Å². The predicted molar refractivity (Wildman–Crippen MR) is 70.0 cm³/mol. The van der Waals surface area contributed by atoms with Crippen LogP contribution in [-0.2, 0) is 26.1 Å². The molecule has 7 heteroatoms. The largest absolute Gasteiger partial charge is 0.328 e. The Balaban J connectivity index is 3.49. The summed E-state index contributed by atoms with van der Waals surface area (Å²) in [5, 5.41) is 0. The fraction of sp³-hybridized carbons (Fsp3) is 0.455. The summed E-state index contributed by atoms with van der Waals surface area (Å²) in [7, 11) is -6.91. The molecule has 0 aliphatic rings. The van der Waals surface area contributed by atoms with Gasteiger partial charge in [-0.25, -0.2) is 16.8 Å². The van der Waals surface area contributed by atoms with E-state index in [1.165, 1.54) is 18.2 Å². The lowest BCUT2D eigenvalue weighted by Gasteiger charge is -2.11. The van der Waals surface area contributed by atoms with Crippen LogP contribution in [0.1, 0.15) is 12.5 Å². The van der Waals surface area contributed by atoms with Gasteiger partial charge in [0.05, 0.1) is 9.79 Å². The van der Waals surface area contributed by atoms with Crippen molar-refractivity contribution in [2.45, 2.75) is 29.2 Å². The lowest BCUT2D eigenvalue weighted by Crippen LogP contribution is -2.19. The smallest absolute Gasteiger partial charge is 0.175 e. The average molecular weight is 291 g/mol. The fourth-order valence-corrected chi connectivity index (χ4v) is 3.32. The number of nitrogens with two attached hydrogens (primary N) is 1. The molecule has 0 aliphatic carbocycles. The van der Waals surface area contributed by atoms with Gasteiger partial charge in [0.1, 0.15) is 0 Å². The van der Waals surface area contributed by atoms with Crippen molar-refractivity contribution in [3.63, 3.8) is 0 Å². The van der Waals surface area contributed by atoms with Crippen molar-refractivity contribution in [2.24, 2.45) is 5.73 Å². The van der Waals surface area contributed by atoms with E-state index in [-0.39, 0.29) is 15.8 Å². The van der Waals surface area contributed by atoms with Gasteiger partial charge >= 0.3 is 0 Å². The molecule has 1 atom stereocenters. The molecule has 0 aliphatic heterocycles. The highest BCUT2D eigenvalue weighted by Crippen LogP contribution is 2.21. The third-order valence-corrected chi connectivity index (χ3v) is 4.70. The van der Waals surface area contributed by atoms with E-state index in [4.69, 9.17) is 5.73 Å². The Kier molecular flexibility index (Phi) is 4.19. The second kappa shape index (κ2) is 4.99. The SMILES string of the molecule is CC(N)Cc1ccc(S(C)(=O)=O)cc1S(C)(=O)=O. The minimum Gasteiger partial charge on any atom is -0.328 e. The summed E-state index contributed by atoms with van der Waals surface area (Å²) in [5.41, 5.74) is 6.19. The van der Waals surface area contributed by atoms with Crippen LogP contribution in [0.5, 0.6) is 0 Å². The second-order valence-corrected chi connectivity index (χ2v) is 8.50. The van der Waals surface area contributed by atoms with Crippen LogP contribution in [0, 0.1) is 0 Å². The van der Waals surface area contributed by atoms with Gasteiger partial charge in [0.15, 0.2) is 19.7 Å². The summed E-state index contributed by atoms with van der Waals surface area (Å²) in [4.78, 5) is 0.0269. The van der Waals surface area contributed by atoms with Gasteiger partial charge < -0.3 is 5.73 Å². The first-order valence-electron chi connectivity index (χ1n) is 5.30. The minimum atomic E-state index is -3.48. The highest BCUT2D eigenvalue weighted by Gasteiger charge is 2.18. The van der Waals surface area contributed by atoms with E-state index in [9.17, 15) is 16.8 Å². The maximum Gasteiger partial charge on any atom is 0.175 e. The molecule has 0 saturated carbocycles. The normalized spacial score (nSPS) is 14.4. The molecule has 0 fully saturated rings. The molecule has 102 valence electrons. The summed E-state index contributed by atoms with van der Waals surface area (Å²) in [6, 6.07) is 3.91. The van der Waals surface area contributed by atoms with E-state index in [2.05, 4.69) is 0 Å². The number of hydrogen-bond donors (Lipinski definition) is 1. The van der Waals surface area contributed by atoms with Crippen LogP contribution in [0.3, 0.4) is 0 Å². The first-order chi connectivity index (χ1) is 8.01. The van der Waals surface area contributed by atoms with Crippen molar-refractivity contribution in [1.29, 1.82) is 0 Å². The number of hydrogen-bond acceptors (Lipinski definition) is 5. The van der Waals surface area contributed by atoms with Crippen LogP contribution in [0.15, 0.2) is 28.0 Å². The maximum atomic E-state index is 11.7. The van der Waals surface area contributed by atoms with E-state index in [1.54, 1.807) is 6.92 Å². The number of rotatable bonds is 4. The fourth-order valence-electron chi connectivity index (χ4n) is 1.63. The zero-order valence-corrected chi connectivity index (χ0v) is 12.2. The van der Waals surface area contributed by atoms with Crippen molar-refractivity contribution >= 4 is 19.7 Å².